The molecule has 0 rings (SSSR count). The van der Waals surface area contributed by atoms with E-state index in [1.807, 2.05) is 0 Å². The van der Waals surface area contributed by atoms with E-state index in [0.717, 1.165) is 0 Å². The van der Waals surface area contributed by atoms with Crippen LogP contribution in [-0.4, -0.2) is 23.6 Å². The summed E-state index contributed by atoms with van der Waals surface area (Å²) in [4.78, 5) is 10.8. The molecule has 0 heterocycles. The fraction of sp³-hybridized carbons (Fsp3) is 0.833. The summed E-state index contributed by atoms with van der Waals surface area (Å²) in [5.74, 6) is -0.440. The van der Waals surface area contributed by atoms with E-state index >= 15 is 0 Å². The molecule has 0 amide bonds. The molecule has 60 valence electrons. The quantitative estimate of drug-likeness (QED) is 0.526. The zero-order chi connectivity index (χ0) is 8.20. The van der Waals surface area contributed by atoms with E-state index in [4.69, 9.17) is 0 Å². The van der Waals surface area contributed by atoms with Crippen LogP contribution in [0, 0.1) is 0 Å². The summed E-state index contributed by atoms with van der Waals surface area (Å²) in [5.41, 5.74) is 0. The highest BCUT2D eigenvalue weighted by molar-refractivity contribution is 9.10. The van der Waals surface area contributed by atoms with E-state index in [9.17, 15) is 9.18 Å². The van der Waals surface area contributed by atoms with Crippen molar-refractivity contribution >= 4 is 21.9 Å². The van der Waals surface area contributed by atoms with Gasteiger partial charge < -0.3 is 4.74 Å². The molecule has 10 heavy (non-hydrogen) atoms. The molecule has 0 fully saturated rings. The van der Waals surface area contributed by atoms with Gasteiger partial charge in [-0.25, -0.2) is 4.39 Å². The van der Waals surface area contributed by atoms with Gasteiger partial charge in [0.1, 0.15) is 17.6 Å². The van der Waals surface area contributed by atoms with Crippen molar-refractivity contribution < 1.29 is 13.9 Å². The molecular formula is C6H10BrFO2. The van der Waals surface area contributed by atoms with Gasteiger partial charge in [-0.1, -0.05) is 15.9 Å². The van der Waals surface area contributed by atoms with Crippen molar-refractivity contribution in [1.82, 2.24) is 0 Å². The number of carbonyl (C=O) groups is 1. The molecule has 0 aliphatic carbocycles. The first kappa shape index (κ1) is 9.88. The molecule has 0 aliphatic rings. The molecule has 4 heteroatoms. The molecule has 2 nitrogen and oxygen atoms in total. The number of esters is 1. The van der Waals surface area contributed by atoms with Crippen LogP contribution in [0.5, 0.6) is 0 Å². The first-order valence-electron chi connectivity index (χ1n) is 2.90. The number of halogens is 2. The average Bonchev–Trinajstić information content (AvgIpc) is 1.80. The minimum Gasteiger partial charge on any atom is -0.462 e. The van der Waals surface area contributed by atoms with Crippen molar-refractivity contribution in [2.75, 3.05) is 13.3 Å². The van der Waals surface area contributed by atoms with Crippen molar-refractivity contribution in [2.45, 2.75) is 18.2 Å². The van der Waals surface area contributed by atoms with Gasteiger partial charge in [0.2, 0.25) is 0 Å². The molecule has 0 atom stereocenters. The highest BCUT2D eigenvalue weighted by Crippen LogP contribution is 2.17. The predicted molar refractivity (Wildman–Crippen MR) is 39.9 cm³/mol. The minimum atomic E-state index is -0.706. The predicted octanol–water partition coefficient (Wildman–Crippen LogP) is 1.67. The van der Waals surface area contributed by atoms with Gasteiger partial charge in [-0.15, -0.1) is 0 Å². The molecule has 0 N–H and O–H groups in total. The lowest BCUT2D eigenvalue weighted by Gasteiger charge is -2.13. The van der Waals surface area contributed by atoms with E-state index in [-0.39, 0.29) is 6.61 Å². The Kier molecular flexibility index (Phi) is 3.86. The van der Waals surface area contributed by atoms with Crippen LogP contribution in [0.2, 0.25) is 0 Å². The molecular weight excluding hydrogens is 203 g/mol. The fourth-order valence-corrected chi connectivity index (χ4v) is 0.417. The Balaban J connectivity index is 3.64. The molecule has 0 bridgehead atoms. The Hall–Kier alpha value is -0.120. The summed E-state index contributed by atoms with van der Waals surface area (Å²) in [7, 11) is 0. The van der Waals surface area contributed by atoms with Crippen molar-refractivity contribution in [3.63, 3.8) is 0 Å². The zero-order valence-corrected chi connectivity index (χ0v) is 7.57. The molecule has 0 aromatic carbocycles. The molecule has 0 saturated heterocycles. The first-order chi connectivity index (χ1) is 4.48. The molecule has 0 aromatic heterocycles. The van der Waals surface area contributed by atoms with Crippen LogP contribution < -0.4 is 0 Å². The lowest BCUT2D eigenvalue weighted by Crippen LogP contribution is -2.27. The van der Waals surface area contributed by atoms with Crippen LogP contribution in [0.1, 0.15) is 13.8 Å². The zero-order valence-electron chi connectivity index (χ0n) is 5.99. The summed E-state index contributed by atoms with van der Waals surface area (Å²) < 4.78 is 15.2. The second kappa shape index (κ2) is 3.91. The van der Waals surface area contributed by atoms with E-state index < -0.39 is 17.0 Å². The van der Waals surface area contributed by atoms with Gasteiger partial charge in [-0.2, -0.15) is 0 Å². The highest BCUT2D eigenvalue weighted by Gasteiger charge is 2.24. The Morgan fingerprint density at radius 2 is 2.20 bits per heavy atom. The van der Waals surface area contributed by atoms with E-state index in [0.29, 0.717) is 0 Å². The number of rotatable bonds is 3. The summed E-state index contributed by atoms with van der Waals surface area (Å²) in [6, 6.07) is 0. The van der Waals surface area contributed by atoms with Crippen LogP contribution in [0.15, 0.2) is 0 Å². The third kappa shape index (κ3) is 3.82. The maximum Gasteiger partial charge on any atom is 0.322 e. The molecule has 0 aromatic rings. The highest BCUT2D eigenvalue weighted by atomic mass is 79.9. The van der Waals surface area contributed by atoms with Gasteiger partial charge in [0.05, 0.1) is 0 Å². The lowest BCUT2D eigenvalue weighted by atomic mass is 10.2. The summed E-state index contributed by atoms with van der Waals surface area (Å²) in [6.07, 6.45) is 0. The molecule has 0 radical (unpaired) electrons. The Bertz CT molecular complexity index is 119. The summed E-state index contributed by atoms with van der Waals surface area (Å²) in [6.45, 7) is 2.50. The van der Waals surface area contributed by atoms with Crippen LogP contribution >= 0.6 is 15.9 Å². The van der Waals surface area contributed by atoms with Crippen molar-refractivity contribution in [1.29, 1.82) is 0 Å². The molecule has 0 aliphatic heterocycles. The maximum absolute atomic E-state index is 11.4. The first-order valence-corrected chi connectivity index (χ1v) is 3.70. The number of hydrogen-bond donors (Lipinski definition) is 0. The lowest BCUT2D eigenvalue weighted by molar-refractivity contribution is -0.145. The number of ether oxygens (including phenoxy) is 1. The van der Waals surface area contributed by atoms with Gasteiger partial charge in [-0.3, -0.25) is 4.79 Å². The second-order valence-corrected chi connectivity index (χ2v) is 4.28. The van der Waals surface area contributed by atoms with Gasteiger partial charge in [0.25, 0.3) is 0 Å². The summed E-state index contributed by atoms with van der Waals surface area (Å²) in [5, 5.41) is 0. The normalized spacial score (nSPS) is 11.2. The van der Waals surface area contributed by atoms with Gasteiger partial charge in [-0.05, 0) is 13.8 Å². The number of alkyl halides is 2. The smallest absolute Gasteiger partial charge is 0.322 e. The topological polar surface area (TPSA) is 26.3 Å². The summed E-state index contributed by atoms with van der Waals surface area (Å²) >= 11 is 3.08. The monoisotopic (exact) mass is 212 g/mol. The third-order valence-corrected chi connectivity index (χ3v) is 1.12. The average molecular weight is 213 g/mol. The van der Waals surface area contributed by atoms with Crippen LogP contribution in [-0.2, 0) is 9.53 Å². The molecule has 0 spiro atoms. The standard InChI is InChI=1S/C6H10BrFO2/c1-6(2,7)5(9)10-4-3-8/h3-4H2,1-2H3. The second-order valence-electron chi connectivity index (χ2n) is 2.30. The Labute approximate surface area is 67.9 Å². The minimum absolute atomic E-state index is 0.159. The Morgan fingerprint density at radius 3 is 2.50 bits per heavy atom. The fourth-order valence-electron chi connectivity index (χ4n) is 0.303. The van der Waals surface area contributed by atoms with E-state index in [2.05, 4.69) is 20.7 Å². The van der Waals surface area contributed by atoms with Gasteiger partial charge >= 0.3 is 5.97 Å². The van der Waals surface area contributed by atoms with Crippen molar-refractivity contribution in [3.8, 4) is 0 Å². The van der Waals surface area contributed by atoms with E-state index in [1.165, 1.54) is 0 Å². The van der Waals surface area contributed by atoms with Gasteiger partial charge in [0.15, 0.2) is 0 Å². The molecule has 0 saturated carbocycles. The van der Waals surface area contributed by atoms with Crippen LogP contribution in [0.3, 0.4) is 0 Å². The van der Waals surface area contributed by atoms with Crippen molar-refractivity contribution in [2.24, 2.45) is 0 Å². The van der Waals surface area contributed by atoms with E-state index in [1.54, 1.807) is 13.8 Å². The largest absolute Gasteiger partial charge is 0.462 e. The van der Waals surface area contributed by atoms with Crippen LogP contribution in [0.4, 0.5) is 4.39 Å². The Morgan fingerprint density at radius 1 is 1.70 bits per heavy atom. The van der Waals surface area contributed by atoms with Crippen molar-refractivity contribution in [3.05, 3.63) is 0 Å². The van der Waals surface area contributed by atoms with Crippen LogP contribution in [0.25, 0.3) is 0 Å². The number of hydrogen-bond acceptors (Lipinski definition) is 2. The maximum atomic E-state index is 11.4. The van der Waals surface area contributed by atoms with Gasteiger partial charge in [0, 0.05) is 0 Å². The third-order valence-electron chi connectivity index (χ3n) is 0.796. The number of carbonyl (C=O) groups excluding carboxylic acids is 1. The molecule has 0 unspecified atom stereocenters. The SMILES string of the molecule is CC(C)(Br)C(=O)OCCF.